The van der Waals surface area contributed by atoms with Gasteiger partial charge in [-0.05, 0) is 61.9 Å². The summed E-state index contributed by atoms with van der Waals surface area (Å²) in [6.07, 6.45) is 3.65. The Kier molecular flexibility index (Phi) is 8.25. The lowest BCUT2D eigenvalue weighted by Gasteiger charge is -2.35. The number of carbonyl (C=O) groups excluding carboxylic acids is 2. The summed E-state index contributed by atoms with van der Waals surface area (Å²) in [5.74, 6) is 0.680. The summed E-state index contributed by atoms with van der Waals surface area (Å²) in [6, 6.07) is 13.0. The topological polar surface area (TPSA) is 90.0 Å². The van der Waals surface area contributed by atoms with Crippen molar-refractivity contribution in [2.75, 3.05) is 33.2 Å². The minimum atomic E-state index is -3.84. The first-order valence-corrected chi connectivity index (χ1v) is 15.7. The standard InChI is InChI=1S/C27H33ClN4O4S2/c1-30(15-19-6-3-2-4-7-19)17-24-22-14-20(22)16-32(24)26(33)18-31-12-5-8-23(27(31)34)29-38(35,36)13-11-21-9-10-25(28)37-21/h2-4,6-7,9-11,13,20,22-24,29H,5,8,12,14-18H2,1H3/b13-11+/t20?,22-,23+,24?/m1/s1. The number of thiophene rings is 1. The zero-order valence-corrected chi connectivity index (χ0v) is 23.7. The number of likely N-dealkylation sites (N-methyl/N-ethyl adjacent to an activating group) is 1. The summed E-state index contributed by atoms with van der Waals surface area (Å²) in [4.78, 5) is 33.0. The van der Waals surface area contributed by atoms with Crippen molar-refractivity contribution in [2.24, 2.45) is 11.8 Å². The molecule has 0 spiro atoms. The molecule has 1 saturated carbocycles. The van der Waals surface area contributed by atoms with E-state index in [4.69, 9.17) is 11.6 Å². The van der Waals surface area contributed by atoms with Crippen molar-refractivity contribution < 1.29 is 18.0 Å². The van der Waals surface area contributed by atoms with Gasteiger partial charge in [0.1, 0.15) is 6.04 Å². The third kappa shape index (κ3) is 6.66. The lowest BCUT2D eigenvalue weighted by Crippen LogP contribution is -2.55. The van der Waals surface area contributed by atoms with E-state index in [1.165, 1.54) is 27.9 Å². The van der Waals surface area contributed by atoms with E-state index in [1.54, 1.807) is 12.1 Å². The van der Waals surface area contributed by atoms with Gasteiger partial charge in [-0.1, -0.05) is 41.9 Å². The molecule has 11 heteroatoms. The monoisotopic (exact) mass is 576 g/mol. The highest BCUT2D eigenvalue weighted by Crippen LogP contribution is 2.49. The van der Waals surface area contributed by atoms with E-state index < -0.39 is 16.1 Å². The molecule has 1 aromatic carbocycles. The highest BCUT2D eigenvalue weighted by Gasteiger charge is 2.54. The number of nitrogens with one attached hydrogen (secondary N) is 1. The van der Waals surface area contributed by atoms with Gasteiger partial charge in [-0.3, -0.25) is 9.59 Å². The molecule has 1 aliphatic carbocycles. The summed E-state index contributed by atoms with van der Waals surface area (Å²) >= 11 is 7.17. The quantitative estimate of drug-likeness (QED) is 0.469. The van der Waals surface area contributed by atoms with Crippen molar-refractivity contribution >= 4 is 50.9 Å². The number of hydrogen-bond acceptors (Lipinski definition) is 6. The van der Waals surface area contributed by atoms with Crippen LogP contribution < -0.4 is 4.72 Å². The lowest BCUT2D eigenvalue weighted by atomic mass is 10.1. The maximum absolute atomic E-state index is 13.4. The Hall–Kier alpha value is -2.24. The van der Waals surface area contributed by atoms with E-state index in [0.717, 1.165) is 31.5 Å². The van der Waals surface area contributed by atoms with E-state index in [9.17, 15) is 18.0 Å². The predicted molar refractivity (Wildman–Crippen MR) is 150 cm³/mol. The molecule has 1 N–H and O–H groups in total. The van der Waals surface area contributed by atoms with Crippen molar-refractivity contribution in [1.29, 1.82) is 0 Å². The molecule has 2 aromatic rings. The van der Waals surface area contributed by atoms with Crippen LogP contribution in [0.2, 0.25) is 4.34 Å². The van der Waals surface area contributed by atoms with Crippen LogP contribution in [-0.2, 0) is 26.2 Å². The van der Waals surface area contributed by atoms with Crippen LogP contribution in [0.1, 0.15) is 29.7 Å². The molecule has 2 unspecified atom stereocenters. The maximum Gasteiger partial charge on any atom is 0.242 e. The van der Waals surface area contributed by atoms with Gasteiger partial charge in [-0.2, -0.15) is 4.72 Å². The lowest BCUT2D eigenvalue weighted by molar-refractivity contribution is -0.144. The first-order chi connectivity index (χ1) is 18.2. The fourth-order valence-electron chi connectivity index (χ4n) is 5.64. The van der Waals surface area contributed by atoms with Crippen molar-refractivity contribution in [3.63, 3.8) is 0 Å². The van der Waals surface area contributed by atoms with E-state index in [2.05, 4.69) is 28.8 Å². The van der Waals surface area contributed by atoms with Gasteiger partial charge < -0.3 is 14.7 Å². The number of fused-ring (bicyclic) bond motifs is 1. The molecule has 0 radical (unpaired) electrons. The number of carbonyl (C=O) groups is 2. The van der Waals surface area contributed by atoms with Gasteiger partial charge in [0, 0.05) is 42.5 Å². The number of rotatable bonds is 10. The summed E-state index contributed by atoms with van der Waals surface area (Å²) in [6.45, 7) is 2.78. The Morgan fingerprint density at radius 1 is 1.24 bits per heavy atom. The molecule has 4 atom stereocenters. The van der Waals surface area contributed by atoms with Crippen molar-refractivity contribution in [3.8, 4) is 0 Å². The largest absolute Gasteiger partial charge is 0.336 e. The molecular weight excluding hydrogens is 544 g/mol. The van der Waals surface area contributed by atoms with Gasteiger partial charge in [-0.25, -0.2) is 8.42 Å². The molecule has 1 aromatic heterocycles. The second-order valence-corrected chi connectivity index (χ2v) is 13.9. The van der Waals surface area contributed by atoms with E-state index in [0.29, 0.717) is 40.4 Å². The van der Waals surface area contributed by atoms with Gasteiger partial charge >= 0.3 is 0 Å². The maximum atomic E-state index is 13.4. The van der Waals surface area contributed by atoms with Crippen LogP contribution in [0.15, 0.2) is 47.9 Å². The van der Waals surface area contributed by atoms with Gasteiger partial charge in [0.05, 0.1) is 10.9 Å². The van der Waals surface area contributed by atoms with Crippen LogP contribution in [-0.4, -0.2) is 80.2 Å². The molecule has 38 heavy (non-hydrogen) atoms. The molecule has 2 amide bonds. The number of amides is 2. The number of halogens is 1. The van der Waals surface area contributed by atoms with E-state index >= 15 is 0 Å². The molecule has 8 nitrogen and oxygen atoms in total. The number of hydrogen-bond donors (Lipinski definition) is 1. The molecule has 2 saturated heterocycles. The van der Waals surface area contributed by atoms with Crippen LogP contribution in [0.5, 0.6) is 0 Å². The average molecular weight is 577 g/mol. The van der Waals surface area contributed by atoms with Crippen LogP contribution >= 0.6 is 22.9 Å². The third-order valence-corrected chi connectivity index (χ3v) is 9.89. The molecular formula is C27H33ClN4O4S2. The fraction of sp³-hybridized carbons (Fsp3) is 0.481. The van der Waals surface area contributed by atoms with Gasteiger partial charge in [0.25, 0.3) is 0 Å². The van der Waals surface area contributed by atoms with Crippen molar-refractivity contribution in [1.82, 2.24) is 19.4 Å². The zero-order chi connectivity index (χ0) is 26.9. The Bertz CT molecular complexity index is 1300. The summed E-state index contributed by atoms with van der Waals surface area (Å²) in [5, 5.41) is 1.06. The van der Waals surface area contributed by atoms with Gasteiger partial charge in [0.2, 0.25) is 21.8 Å². The van der Waals surface area contributed by atoms with E-state index in [1.807, 2.05) is 23.1 Å². The summed E-state index contributed by atoms with van der Waals surface area (Å²) in [5.41, 5.74) is 1.24. The van der Waals surface area contributed by atoms with Crippen molar-refractivity contribution in [2.45, 2.75) is 37.9 Å². The van der Waals surface area contributed by atoms with Crippen molar-refractivity contribution in [3.05, 3.63) is 62.6 Å². The second-order valence-electron chi connectivity index (χ2n) is 10.5. The number of piperidine rings is 2. The van der Waals surface area contributed by atoms with Crippen LogP contribution in [0, 0.1) is 11.8 Å². The Balaban J connectivity index is 1.17. The molecule has 3 fully saturated rings. The predicted octanol–water partition coefficient (Wildman–Crippen LogP) is 3.26. The summed E-state index contributed by atoms with van der Waals surface area (Å²) in [7, 11) is -1.75. The Morgan fingerprint density at radius 2 is 2.03 bits per heavy atom. The smallest absolute Gasteiger partial charge is 0.242 e. The highest BCUT2D eigenvalue weighted by molar-refractivity contribution is 7.92. The number of sulfonamides is 1. The fourth-order valence-corrected chi connectivity index (χ4v) is 7.71. The first kappa shape index (κ1) is 27.3. The Morgan fingerprint density at radius 3 is 2.76 bits per heavy atom. The molecule has 3 heterocycles. The zero-order valence-electron chi connectivity index (χ0n) is 21.3. The summed E-state index contributed by atoms with van der Waals surface area (Å²) < 4.78 is 28.3. The minimum absolute atomic E-state index is 0.0149. The highest BCUT2D eigenvalue weighted by atomic mass is 35.5. The number of likely N-dealkylation sites (tertiary alicyclic amines) is 2. The second kappa shape index (κ2) is 11.5. The molecule has 2 aliphatic heterocycles. The number of benzene rings is 1. The van der Waals surface area contributed by atoms with Crippen LogP contribution in [0.25, 0.3) is 6.08 Å². The van der Waals surface area contributed by atoms with Gasteiger partial charge in [0.15, 0.2) is 0 Å². The molecule has 204 valence electrons. The SMILES string of the molecule is CN(Cc1ccccc1)CC1[C@@H]2CC2CN1C(=O)CN1CCC[C@H](NS(=O)(=O)/C=C/c2ccc(Cl)s2)C1=O. The van der Waals surface area contributed by atoms with E-state index in [-0.39, 0.29) is 24.4 Å². The molecule has 3 aliphatic rings. The average Bonchev–Trinajstić information content (AvgIpc) is 3.38. The Labute approximate surface area is 233 Å². The van der Waals surface area contributed by atoms with Gasteiger partial charge in [-0.15, -0.1) is 11.3 Å². The molecule has 5 rings (SSSR count). The van der Waals surface area contributed by atoms with Crippen LogP contribution in [0.3, 0.4) is 0 Å². The third-order valence-electron chi connectivity index (χ3n) is 7.59. The normalized spacial score (nSPS) is 25.4. The van der Waals surface area contributed by atoms with Crippen LogP contribution in [0.4, 0.5) is 0 Å². The minimum Gasteiger partial charge on any atom is -0.336 e. The molecule has 0 bridgehead atoms. The first-order valence-electron chi connectivity index (χ1n) is 12.9. The number of nitrogens with zero attached hydrogens (tertiary/aromatic N) is 3.